The maximum Gasteiger partial charge on any atom is 0.203 e. The molecule has 0 saturated carbocycles. The molecule has 0 heterocycles. The van der Waals surface area contributed by atoms with Crippen molar-refractivity contribution in [3.05, 3.63) is 56.6 Å². The Balaban J connectivity index is 2.74. The first-order valence-corrected chi connectivity index (χ1v) is 7.38. The molecule has 0 aliphatic carbocycles. The van der Waals surface area contributed by atoms with Gasteiger partial charge in [0, 0.05) is 0 Å². The molecule has 0 amide bonds. The van der Waals surface area contributed by atoms with Gasteiger partial charge in [-0.2, -0.15) is 0 Å². The second kappa shape index (κ2) is 6.59. The van der Waals surface area contributed by atoms with Crippen LogP contribution in [0, 0.1) is 13.8 Å². The van der Waals surface area contributed by atoms with E-state index in [1.807, 2.05) is 13.8 Å². The van der Waals surface area contributed by atoms with Crippen molar-refractivity contribution in [2.75, 3.05) is 14.2 Å². The van der Waals surface area contributed by atoms with E-state index in [9.17, 15) is 4.79 Å². The van der Waals surface area contributed by atoms with Gasteiger partial charge >= 0.3 is 0 Å². The van der Waals surface area contributed by atoms with Crippen LogP contribution >= 0.6 is 23.2 Å². The van der Waals surface area contributed by atoms with Crippen LogP contribution in [0.3, 0.4) is 0 Å². The van der Waals surface area contributed by atoms with Crippen molar-refractivity contribution in [3.63, 3.8) is 0 Å². The van der Waals surface area contributed by atoms with Crippen LogP contribution in [0.2, 0.25) is 10.0 Å². The van der Waals surface area contributed by atoms with Gasteiger partial charge in [0.2, 0.25) is 5.78 Å². The van der Waals surface area contributed by atoms with Gasteiger partial charge < -0.3 is 9.47 Å². The highest BCUT2D eigenvalue weighted by Crippen LogP contribution is 2.37. The molecule has 2 aromatic carbocycles. The molecule has 0 aliphatic heterocycles. The average Bonchev–Trinajstić information content (AvgIpc) is 2.50. The minimum atomic E-state index is -0.323. The first-order valence-electron chi connectivity index (χ1n) is 6.63. The Bertz CT molecular complexity index is 678. The maximum absolute atomic E-state index is 13.0. The van der Waals surface area contributed by atoms with Gasteiger partial charge in [-0.05, 0) is 37.1 Å². The number of hydrogen-bond donors (Lipinski definition) is 0. The Morgan fingerprint density at radius 3 is 1.50 bits per heavy atom. The van der Waals surface area contributed by atoms with Gasteiger partial charge in [0.1, 0.15) is 11.5 Å². The molecule has 0 aromatic heterocycles. The summed E-state index contributed by atoms with van der Waals surface area (Å²) < 4.78 is 10.7. The zero-order valence-electron chi connectivity index (χ0n) is 12.8. The zero-order valence-corrected chi connectivity index (χ0v) is 14.3. The number of methoxy groups -OCH3 is 2. The highest BCUT2D eigenvalue weighted by Gasteiger charge is 2.25. The summed E-state index contributed by atoms with van der Waals surface area (Å²) in [5.74, 6) is 0.561. The quantitative estimate of drug-likeness (QED) is 0.747. The molecule has 3 nitrogen and oxygen atoms in total. The van der Waals surface area contributed by atoms with Gasteiger partial charge in [-0.15, -0.1) is 0 Å². The van der Waals surface area contributed by atoms with Crippen LogP contribution < -0.4 is 9.47 Å². The number of carbonyl (C=O) groups is 1. The van der Waals surface area contributed by atoms with Gasteiger partial charge in [0.25, 0.3) is 0 Å². The second-order valence-electron chi connectivity index (χ2n) is 4.87. The van der Waals surface area contributed by atoms with E-state index in [0.717, 1.165) is 11.1 Å². The predicted octanol–water partition coefficient (Wildman–Crippen LogP) is 4.86. The van der Waals surface area contributed by atoms with Crippen molar-refractivity contribution in [1.82, 2.24) is 0 Å². The van der Waals surface area contributed by atoms with Crippen molar-refractivity contribution in [3.8, 4) is 11.5 Å². The Hall–Kier alpha value is -1.71. The van der Waals surface area contributed by atoms with Crippen molar-refractivity contribution in [2.24, 2.45) is 0 Å². The van der Waals surface area contributed by atoms with Gasteiger partial charge in [-0.3, -0.25) is 4.79 Å². The molecule has 0 radical (unpaired) electrons. The summed E-state index contributed by atoms with van der Waals surface area (Å²) >= 11 is 12.5. The van der Waals surface area contributed by atoms with Crippen LogP contribution in [0.15, 0.2) is 24.3 Å². The third kappa shape index (κ3) is 2.79. The number of aryl methyl sites for hydroxylation is 2. The van der Waals surface area contributed by atoms with E-state index >= 15 is 0 Å². The SMILES string of the molecule is COc1c(C)ccc(Cl)c1C(=O)c1c(Cl)ccc(C)c1OC. The molecule has 0 spiro atoms. The lowest BCUT2D eigenvalue weighted by atomic mass is 9.97. The predicted molar refractivity (Wildman–Crippen MR) is 88.9 cm³/mol. The number of ketones is 1. The molecule has 0 N–H and O–H groups in total. The lowest BCUT2D eigenvalue weighted by Crippen LogP contribution is -2.09. The number of rotatable bonds is 4. The number of hydrogen-bond acceptors (Lipinski definition) is 3. The molecule has 22 heavy (non-hydrogen) atoms. The number of ether oxygens (including phenoxy) is 2. The highest BCUT2D eigenvalue weighted by molar-refractivity contribution is 6.39. The van der Waals surface area contributed by atoms with Crippen LogP contribution in [0.5, 0.6) is 11.5 Å². The average molecular weight is 339 g/mol. The summed E-state index contributed by atoms with van der Waals surface area (Å²) in [7, 11) is 3.01. The monoisotopic (exact) mass is 338 g/mol. The van der Waals surface area contributed by atoms with Crippen molar-refractivity contribution in [1.29, 1.82) is 0 Å². The van der Waals surface area contributed by atoms with E-state index in [4.69, 9.17) is 32.7 Å². The molecule has 0 saturated heterocycles. The fourth-order valence-electron chi connectivity index (χ4n) is 2.40. The van der Waals surface area contributed by atoms with Crippen molar-refractivity contribution >= 4 is 29.0 Å². The summed E-state index contributed by atoms with van der Waals surface area (Å²) in [6, 6.07) is 6.94. The number of benzene rings is 2. The molecule has 116 valence electrons. The van der Waals surface area contributed by atoms with Crippen LogP contribution in [-0.2, 0) is 0 Å². The number of carbonyl (C=O) groups excluding carboxylic acids is 1. The Morgan fingerprint density at radius 1 is 0.818 bits per heavy atom. The van der Waals surface area contributed by atoms with Crippen LogP contribution in [-0.4, -0.2) is 20.0 Å². The minimum absolute atomic E-state index is 0.287. The van der Waals surface area contributed by atoms with E-state index in [0.29, 0.717) is 21.5 Å². The summed E-state index contributed by atoms with van der Waals surface area (Å²) in [5.41, 5.74) is 2.21. The molecule has 2 rings (SSSR count). The van der Waals surface area contributed by atoms with Crippen molar-refractivity contribution < 1.29 is 14.3 Å². The van der Waals surface area contributed by atoms with E-state index in [1.165, 1.54) is 14.2 Å². The topological polar surface area (TPSA) is 35.5 Å². The summed E-state index contributed by atoms with van der Waals surface area (Å²) in [6.07, 6.45) is 0. The normalized spacial score (nSPS) is 10.5. The Kier molecular flexibility index (Phi) is 4.99. The van der Waals surface area contributed by atoms with Gasteiger partial charge in [-0.1, -0.05) is 35.3 Å². The highest BCUT2D eigenvalue weighted by atomic mass is 35.5. The molecule has 5 heteroatoms. The Morgan fingerprint density at radius 2 is 1.18 bits per heavy atom. The van der Waals surface area contributed by atoms with E-state index in [1.54, 1.807) is 24.3 Å². The second-order valence-corrected chi connectivity index (χ2v) is 5.69. The molecule has 0 fully saturated rings. The summed E-state index contributed by atoms with van der Waals surface area (Å²) in [5, 5.41) is 0.624. The first kappa shape index (κ1) is 16.7. The van der Waals surface area contributed by atoms with E-state index in [2.05, 4.69) is 0 Å². The maximum atomic E-state index is 13.0. The smallest absolute Gasteiger partial charge is 0.203 e. The summed E-state index contributed by atoms with van der Waals surface area (Å²) in [4.78, 5) is 13.0. The Labute approximate surface area is 139 Å². The standard InChI is InChI=1S/C17H16Cl2O3/c1-9-5-7-11(18)13(16(9)21-3)15(20)14-12(19)8-6-10(2)17(14)22-4/h5-8H,1-4H3. The molecule has 2 aromatic rings. The van der Waals surface area contributed by atoms with E-state index < -0.39 is 0 Å². The summed E-state index contributed by atoms with van der Waals surface area (Å²) in [6.45, 7) is 3.70. The van der Waals surface area contributed by atoms with Gasteiger partial charge in [0.15, 0.2) is 0 Å². The minimum Gasteiger partial charge on any atom is -0.496 e. The van der Waals surface area contributed by atoms with Crippen LogP contribution in [0.25, 0.3) is 0 Å². The third-order valence-corrected chi connectivity index (χ3v) is 4.10. The van der Waals surface area contributed by atoms with Crippen molar-refractivity contribution in [2.45, 2.75) is 13.8 Å². The molecule has 0 bridgehead atoms. The van der Waals surface area contributed by atoms with Gasteiger partial charge in [-0.25, -0.2) is 0 Å². The van der Waals surface area contributed by atoms with Crippen LogP contribution in [0.1, 0.15) is 27.0 Å². The number of halogens is 2. The lowest BCUT2D eigenvalue weighted by Gasteiger charge is -2.16. The van der Waals surface area contributed by atoms with Gasteiger partial charge in [0.05, 0.1) is 35.4 Å². The third-order valence-electron chi connectivity index (χ3n) is 3.47. The fourth-order valence-corrected chi connectivity index (χ4v) is 2.87. The van der Waals surface area contributed by atoms with Crippen LogP contribution in [0.4, 0.5) is 0 Å². The molecular formula is C17H16Cl2O3. The molecule has 0 unspecified atom stereocenters. The molecule has 0 atom stereocenters. The fraction of sp³-hybridized carbons (Fsp3) is 0.235. The zero-order chi connectivity index (χ0) is 16.4. The largest absolute Gasteiger partial charge is 0.496 e. The molecular weight excluding hydrogens is 323 g/mol. The lowest BCUT2D eigenvalue weighted by molar-refractivity contribution is 0.103. The first-order chi connectivity index (χ1) is 10.4. The molecule has 0 aliphatic rings. The van der Waals surface area contributed by atoms with E-state index in [-0.39, 0.29) is 16.9 Å².